The van der Waals surface area contributed by atoms with Gasteiger partial charge in [0.25, 0.3) is 5.91 Å². The van der Waals surface area contributed by atoms with Gasteiger partial charge in [0.15, 0.2) is 0 Å². The number of amides is 1. The van der Waals surface area contributed by atoms with Crippen LogP contribution in [-0.4, -0.2) is 45.3 Å². The van der Waals surface area contributed by atoms with Crippen LogP contribution in [0.25, 0.3) is 0 Å². The Kier molecular flexibility index (Phi) is 5.41. The van der Waals surface area contributed by atoms with Crippen LogP contribution >= 0.6 is 0 Å². The number of aromatic nitrogens is 3. The number of aryl methyl sites for hydroxylation is 1. The summed E-state index contributed by atoms with van der Waals surface area (Å²) >= 11 is 0. The summed E-state index contributed by atoms with van der Waals surface area (Å²) in [6.07, 6.45) is 6.65. The molecule has 6 heteroatoms. The molecule has 0 spiro atoms. The van der Waals surface area contributed by atoms with Crippen molar-refractivity contribution in [1.29, 1.82) is 0 Å². The number of carbonyl (C=O) groups is 1. The van der Waals surface area contributed by atoms with E-state index in [9.17, 15) is 4.79 Å². The number of hydrogen-bond donors (Lipinski definition) is 0. The fourth-order valence-electron chi connectivity index (χ4n) is 4.22. The second-order valence-electron chi connectivity index (χ2n) is 7.46. The molecule has 0 aliphatic carbocycles. The highest BCUT2D eigenvalue weighted by molar-refractivity contribution is 5.94. The third-order valence-electron chi connectivity index (χ3n) is 5.68. The van der Waals surface area contributed by atoms with Crippen LogP contribution in [0.5, 0.6) is 5.75 Å². The van der Waals surface area contributed by atoms with Crippen molar-refractivity contribution in [3.8, 4) is 5.75 Å². The molecule has 1 amide bonds. The van der Waals surface area contributed by atoms with E-state index in [1.807, 2.05) is 36.1 Å². The minimum absolute atomic E-state index is 0.0927. The molecule has 0 bridgehead atoms. The molecule has 1 saturated heterocycles. The zero-order valence-corrected chi connectivity index (χ0v) is 16.1. The fourth-order valence-corrected chi connectivity index (χ4v) is 4.22. The van der Waals surface area contributed by atoms with Crippen LogP contribution in [0.3, 0.4) is 0 Å². The predicted octanol–water partition coefficient (Wildman–Crippen LogP) is 3.42. The number of hydrogen-bond acceptors (Lipinski definition) is 4. The van der Waals surface area contributed by atoms with Crippen LogP contribution in [0.4, 0.5) is 0 Å². The molecule has 0 radical (unpaired) electrons. The molecule has 0 saturated carbocycles. The van der Waals surface area contributed by atoms with Crippen LogP contribution in [0.1, 0.15) is 67.0 Å². The van der Waals surface area contributed by atoms with E-state index in [0.717, 1.165) is 56.3 Å². The Morgan fingerprint density at radius 1 is 1.15 bits per heavy atom. The third-order valence-corrected chi connectivity index (χ3v) is 5.68. The first kappa shape index (κ1) is 18.0. The van der Waals surface area contributed by atoms with Gasteiger partial charge in [-0.05, 0) is 50.8 Å². The third kappa shape index (κ3) is 3.84. The minimum Gasteiger partial charge on any atom is -0.494 e. The highest BCUT2D eigenvalue weighted by atomic mass is 16.5. The van der Waals surface area contributed by atoms with Crippen molar-refractivity contribution in [2.45, 2.75) is 57.9 Å². The van der Waals surface area contributed by atoms with Crippen LogP contribution in [0.15, 0.2) is 24.3 Å². The lowest BCUT2D eigenvalue weighted by Crippen LogP contribution is -2.38. The van der Waals surface area contributed by atoms with Crippen molar-refractivity contribution in [1.82, 2.24) is 19.7 Å². The lowest BCUT2D eigenvalue weighted by molar-refractivity contribution is 0.0709. The normalized spacial score (nSPS) is 18.0. The molecule has 1 aromatic heterocycles. The van der Waals surface area contributed by atoms with Crippen molar-refractivity contribution >= 4 is 5.91 Å². The monoisotopic (exact) mass is 368 g/mol. The quantitative estimate of drug-likeness (QED) is 0.830. The van der Waals surface area contributed by atoms with Crippen LogP contribution in [0, 0.1) is 0 Å². The molecule has 6 nitrogen and oxygen atoms in total. The van der Waals surface area contributed by atoms with Crippen LogP contribution in [0.2, 0.25) is 0 Å². The van der Waals surface area contributed by atoms with Gasteiger partial charge in [0, 0.05) is 37.5 Å². The highest BCUT2D eigenvalue weighted by Crippen LogP contribution is 2.29. The van der Waals surface area contributed by atoms with E-state index in [2.05, 4.69) is 14.8 Å². The molecule has 1 aromatic carbocycles. The van der Waals surface area contributed by atoms with Gasteiger partial charge in [-0.25, -0.2) is 0 Å². The average Bonchev–Trinajstić information content (AvgIpc) is 2.96. The van der Waals surface area contributed by atoms with Gasteiger partial charge < -0.3 is 14.2 Å². The summed E-state index contributed by atoms with van der Waals surface area (Å²) in [4.78, 5) is 14.8. The van der Waals surface area contributed by atoms with Crippen molar-refractivity contribution in [3.05, 3.63) is 41.5 Å². The van der Waals surface area contributed by atoms with E-state index in [4.69, 9.17) is 4.74 Å². The highest BCUT2D eigenvalue weighted by Gasteiger charge is 2.29. The lowest BCUT2D eigenvalue weighted by atomic mass is 9.95. The second-order valence-corrected chi connectivity index (χ2v) is 7.46. The first-order chi connectivity index (χ1) is 13.3. The molecular weight excluding hydrogens is 340 g/mol. The molecule has 0 unspecified atom stereocenters. The molecule has 144 valence electrons. The topological polar surface area (TPSA) is 60.2 Å². The first-order valence-electron chi connectivity index (χ1n) is 10.2. The van der Waals surface area contributed by atoms with Gasteiger partial charge >= 0.3 is 0 Å². The average molecular weight is 368 g/mol. The number of likely N-dealkylation sites (tertiary alicyclic amines) is 1. The molecule has 0 atom stereocenters. The Labute approximate surface area is 160 Å². The van der Waals surface area contributed by atoms with Gasteiger partial charge in [-0.1, -0.05) is 12.5 Å². The number of ether oxygens (including phenoxy) is 1. The van der Waals surface area contributed by atoms with E-state index in [-0.39, 0.29) is 5.91 Å². The van der Waals surface area contributed by atoms with E-state index in [1.54, 1.807) is 0 Å². The fraction of sp³-hybridized carbons (Fsp3) is 0.571. The summed E-state index contributed by atoms with van der Waals surface area (Å²) in [5.74, 6) is 3.54. The van der Waals surface area contributed by atoms with Gasteiger partial charge in [0.2, 0.25) is 0 Å². The number of piperidine rings is 1. The first-order valence-corrected chi connectivity index (χ1v) is 10.2. The molecule has 2 aliphatic heterocycles. The Morgan fingerprint density at radius 3 is 2.81 bits per heavy atom. The van der Waals surface area contributed by atoms with E-state index in [1.165, 1.54) is 19.3 Å². The van der Waals surface area contributed by atoms with Gasteiger partial charge in [0.1, 0.15) is 17.4 Å². The maximum atomic E-state index is 12.9. The Balaban J connectivity index is 1.41. The molecular formula is C21H28N4O2. The number of benzene rings is 1. The smallest absolute Gasteiger partial charge is 0.253 e. The Hall–Kier alpha value is -2.37. The molecule has 2 aliphatic rings. The molecule has 3 heterocycles. The van der Waals surface area contributed by atoms with Crippen LogP contribution in [-0.2, 0) is 13.0 Å². The largest absolute Gasteiger partial charge is 0.494 e. The summed E-state index contributed by atoms with van der Waals surface area (Å²) < 4.78 is 7.87. The lowest BCUT2D eigenvalue weighted by Gasteiger charge is -2.32. The van der Waals surface area contributed by atoms with E-state index >= 15 is 0 Å². The van der Waals surface area contributed by atoms with Crippen molar-refractivity contribution in [3.63, 3.8) is 0 Å². The van der Waals surface area contributed by atoms with Gasteiger partial charge in [-0.2, -0.15) is 0 Å². The number of rotatable bonds is 4. The zero-order valence-electron chi connectivity index (χ0n) is 16.1. The van der Waals surface area contributed by atoms with E-state index in [0.29, 0.717) is 18.1 Å². The number of nitrogens with zero attached hydrogens (tertiary/aromatic N) is 4. The zero-order chi connectivity index (χ0) is 18.6. The van der Waals surface area contributed by atoms with Gasteiger partial charge in [0.05, 0.1) is 6.61 Å². The summed E-state index contributed by atoms with van der Waals surface area (Å²) in [6.45, 7) is 5.13. The minimum atomic E-state index is 0.0927. The maximum Gasteiger partial charge on any atom is 0.253 e. The summed E-state index contributed by atoms with van der Waals surface area (Å²) in [6, 6.07) is 7.49. The SMILES string of the molecule is CCOc1cccc(C(=O)N2CCC(c3nnc4n3CCCCC4)CC2)c1. The molecule has 27 heavy (non-hydrogen) atoms. The molecule has 4 rings (SSSR count). The maximum absolute atomic E-state index is 12.9. The number of carbonyl (C=O) groups excluding carboxylic acids is 1. The second kappa shape index (κ2) is 8.11. The summed E-state index contributed by atoms with van der Waals surface area (Å²) in [5.41, 5.74) is 0.704. The number of fused-ring (bicyclic) bond motifs is 1. The predicted molar refractivity (Wildman–Crippen MR) is 103 cm³/mol. The molecule has 1 fully saturated rings. The Bertz CT molecular complexity index is 793. The van der Waals surface area contributed by atoms with Crippen molar-refractivity contribution in [2.75, 3.05) is 19.7 Å². The molecule has 2 aromatic rings. The van der Waals surface area contributed by atoms with Gasteiger partial charge in [-0.15, -0.1) is 10.2 Å². The summed E-state index contributed by atoms with van der Waals surface area (Å²) in [5, 5.41) is 8.96. The van der Waals surface area contributed by atoms with Crippen molar-refractivity contribution < 1.29 is 9.53 Å². The standard InChI is InChI=1S/C21H28N4O2/c1-2-27-18-8-6-7-17(15-18)21(26)24-13-10-16(11-14-24)20-23-22-19-9-4-3-5-12-25(19)20/h6-8,15-16H,2-5,9-14H2,1H3. The summed E-state index contributed by atoms with van der Waals surface area (Å²) in [7, 11) is 0. The molecule has 0 N–H and O–H groups in total. The van der Waals surface area contributed by atoms with Crippen molar-refractivity contribution in [2.24, 2.45) is 0 Å². The van der Waals surface area contributed by atoms with E-state index < -0.39 is 0 Å². The van der Waals surface area contributed by atoms with Crippen LogP contribution < -0.4 is 4.74 Å². The Morgan fingerprint density at radius 2 is 2.00 bits per heavy atom. The van der Waals surface area contributed by atoms with Gasteiger partial charge in [-0.3, -0.25) is 4.79 Å².